The number of rotatable bonds is 1. The summed E-state index contributed by atoms with van der Waals surface area (Å²) in [5.41, 5.74) is 6.89. The highest BCUT2D eigenvalue weighted by molar-refractivity contribution is 5.63. The largest absolute Gasteiger partial charge is 0.382 e. The number of nitrogens with one attached hydrogen (secondary N) is 1. The molecule has 1 aromatic heterocycles. The number of aromatic amines is 1. The second-order valence-corrected chi connectivity index (χ2v) is 4.27. The van der Waals surface area contributed by atoms with Crippen LogP contribution in [0.1, 0.15) is 19.3 Å². The van der Waals surface area contributed by atoms with E-state index >= 15 is 0 Å². The van der Waals surface area contributed by atoms with Gasteiger partial charge in [-0.05, 0) is 19.3 Å². The second-order valence-electron chi connectivity index (χ2n) is 4.27. The zero-order valence-electron chi connectivity index (χ0n) is 8.65. The number of hydrogen-bond donors (Lipinski definition) is 2. The SMILES string of the molecule is Nc1[nH]ncc1N1CCOC2CCCC21. The highest BCUT2D eigenvalue weighted by atomic mass is 16.5. The van der Waals surface area contributed by atoms with Crippen LogP contribution in [0.3, 0.4) is 0 Å². The Morgan fingerprint density at radius 1 is 1.53 bits per heavy atom. The van der Waals surface area contributed by atoms with Gasteiger partial charge in [-0.25, -0.2) is 0 Å². The molecule has 2 fully saturated rings. The number of H-pyrrole nitrogens is 1. The molecule has 0 amide bonds. The molecule has 5 heteroatoms. The van der Waals surface area contributed by atoms with E-state index in [-0.39, 0.29) is 0 Å². The third-order valence-corrected chi connectivity index (χ3v) is 3.44. The summed E-state index contributed by atoms with van der Waals surface area (Å²) in [6.45, 7) is 1.72. The number of morpholine rings is 1. The molecule has 1 aromatic rings. The van der Waals surface area contributed by atoms with E-state index in [9.17, 15) is 0 Å². The second kappa shape index (κ2) is 3.41. The van der Waals surface area contributed by atoms with Crippen molar-refractivity contribution in [3.8, 4) is 0 Å². The highest BCUT2D eigenvalue weighted by Crippen LogP contribution is 2.34. The Labute approximate surface area is 88.6 Å². The van der Waals surface area contributed by atoms with Gasteiger partial charge in [0.2, 0.25) is 0 Å². The fraction of sp³-hybridized carbons (Fsp3) is 0.700. The van der Waals surface area contributed by atoms with Crippen LogP contribution in [-0.2, 0) is 4.74 Å². The van der Waals surface area contributed by atoms with E-state index in [4.69, 9.17) is 10.5 Å². The third-order valence-electron chi connectivity index (χ3n) is 3.44. The highest BCUT2D eigenvalue weighted by Gasteiger charge is 2.37. The van der Waals surface area contributed by atoms with Crippen LogP contribution in [0, 0.1) is 0 Å². The van der Waals surface area contributed by atoms with Crippen molar-refractivity contribution in [1.29, 1.82) is 0 Å². The van der Waals surface area contributed by atoms with Gasteiger partial charge < -0.3 is 15.4 Å². The lowest BCUT2D eigenvalue weighted by Crippen LogP contribution is -2.48. The first-order valence-electron chi connectivity index (χ1n) is 5.53. The summed E-state index contributed by atoms with van der Waals surface area (Å²) in [7, 11) is 0. The van der Waals surface area contributed by atoms with E-state index in [2.05, 4.69) is 15.1 Å². The molecule has 2 aliphatic rings. The fourth-order valence-electron chi connectivity index (χ4n) is 2.74. The minimum absolute atomic E-state index is 0.396. The van der Waals surface area contributed by atoms with Crippen LogP contribution < -0.4 is 10.6 Å². The van der Waals surface area contributed by atoms with Crippen molar-refractivity contribution in [2.24, 2.45) is 0 Å². The lowest BCUT2D eigenvalue weighted by atomic mass is 10.1. The number of nitrogen functional groups attached to an aromatic ring is 1. The van der Waals surface area contributed by atoms with Gasteiger partial charge in [-0.2, -0.15) is 5.10 Å². The van der Waals surface area contributed by atoms with Crippen LogP contribution in [0.15, 0.2) is 6.20 Å². The van der Waals surface area contributed by atoms with E-state index in [1.54, 1.807) is 0 Å². The van der Waals surface area contributed by atoms with E-state index < -0.39 is 0 Å². The number of ether oxygens (including phenoxy) is 1. The lowest BCUT2D eigenvalue weighted by Gasteiger charge is -2.38. The number of aromatic nitrogens is 2. The summed E-state index contributed by atoms with van der Waals surface area (Å²) in [6.07, 6.45) is 5.85. The topological polar surface area (TPSA) is 67.2 Å². The predicted octanol–water partition coefficient (Wildman–Crippen LogP) is 0.750. The van der Waals surface area contributed by atoms with Gasteiger partial charge in [0.25, 0.3) is 0 Å². The average Bonchev–Trinajstić information content (AvgIpc) is 2.85. The minimum atomic E-state index is 0.396. The number of nitrogens with zero attached hydrogens (tertiary/aromatic N) is 2. The maximum Gasteiger partial charge on any atom is 0.142 e. The molecule has 0 aromatic carbocycles. The van der Waals surface area contributed by atoms with Gasteiger partial charge in [-0.3, -0.25) is 5.10 Å². The standard InChI is InChI=1S/C10H16N4O/c11-10-8(6-12-13-10)14-4-5-15-9-3-1-2-7(9)14/h6-7,9H,1-5H2,(H3,11,12,13). The van der Waals surface area contributed by atoms with Gasteiger partial charge >= 0.3 is 0 Å². The van der Waals surface area contributed by atoms with Gasteiger partial charge in [0.15, 0.2) is 0 Å². The van der Waals surface area contributed by atoms with Gasteiger partial charge in [0.05, 0.1) is 30.6 Å². The van der Waals surface area contributed by atoms with Gasteiger partial charge in [-0.1, -0.05) is 0 Å². The van der Waals surface area contributed by atoms with Crippen molar-refractivity contribution in [2.45, 2.75) is 31.4 Å². The van der Waals surface area contributed by atoms with E-state index in [0.29, 0.717) is 18.0 Å². The van der Waals surface area contributed by atoms with Crippen molar-refractivity contribution >= 4 is 11.5 Å². The summed E-state index contributed by atoms with van der Waals surface area (Å²) in [4.78, 5) is 2.35. The maximum atomic E-state index is 5.85. The molecule has 2 heterocycles. The molecule has 3 rings (SSSR count). The van der Waals surface area contributed by atoms with Crippen LogP contribution in [-0.4, -0.2) is 35.5 Å². The van der Waals surface area contributed by atoms with Crippen LogP contribution >= 0.6 is 0 Å². The van der Waals surface area contributed by atoms with Crippen LogP contribution in [0.5, 0.6) is 0 Å². The smallest absolute Gasteiger partial charge is 0.142 e. The molecular weight excluding hydrogens is 192 g/mol. The van der Waals surface area contributed by atoms with Crippen molar-refractivity contribution in [3.05, 3.63) is 6.20 Å². The first-order chi connectivity index (χ1) is 7.36. The molecule has 1 saturated heterocycles. The summed E-state index contributed by atoms with van der Waals surface area (Å²) in [6, 6.07) is 0.499. The van der Waals surface area contributed by atoms with Crippen molar-refractivity contribution < 1.29 is 4.74 Å². The predicted molar refractivity (Wildman–Crippen MR) is 57.7 cm³/mol. The molecule has 0 bridgehead atoms. The molecule has 5 nitrogen and oxygen atoms in total. The number of fused-ring (bicyclic) bond motifs is 1. The Morgan fingerprint density at radius 3 is 3.27 bits per heavy atom. The molecule has 15 heavy (non-hydrogen) atoms. The Kier molecular flexibility index (Phi) is 2.05. The molecule has 0 radical (unpaired) electrons. The quantitative estimate of drug-likeness (QED) is 0.714. The van der Waals surface area contributed by atoms with Crippen molar-refractivity contribution in [1.82, 2.24) is 10.2 Å². The van der Waals surface area contributed by atoms with Crippen molar-refractivity contribution in [3.63, 3.8) is 0 Å². The number of nitrogens with two attached hydrogens (primary N) is 1. The van der Waals surface area contributed by atoms with Gasteiger partial charge in [0.1, 0.15) is 5.82 Å². The number of anilines is 2. The summed E-state index contributed by atoms with van der Waals surface area (Å²) in [5, 5.41) is 6.77. The van der Waals surface area contributed by atoms with E-state index in [1.165, 1.54) is 19.3 Å². The molecule has 2 unspecified atom stereocenters. The molecule has 2 atom stereocenters. The molecule has 1 aliphatic carbocycles. The normalized spacial score (nSPS) is 30.5. The Morgan fingerprint density at radius 2 is 2.47 bits per heavy atom. The molecule has 1 saturated carbocycles. The Hall–Kier alpha value is -1.23. The molecule has 1 aliphatic heterocycles. The first-order valence-corrected chi connectivity index (χ1v) is 5.53. The van der Waals surface area contributed by atoms with Crippen LogP contribution in [0.25, 0.3) is 0 Å². The van der Waals surface area contributed by atoms with E-state index in [1.807, 2.05) is 6.20 Å². The minimum Gasteiger partial charge on any atom is -0.382 e. The summed E-state index contributed by atoms with van der Waals surface area (Å²) < 4.78 is 5.76. The van der Waals surface area contributed by atoms with Gasteiger partial charge in [0, 0.05) is 6.54 Å². The third kappa shape index (κ3) is 1.38. The lowest BCUT2D eigenvalue weighted by molar-refractivity contribution is 0.0257. The van der Waals surface area contributed by atoms with Crippen LogP contribution in [0.4, 0.5) is 11.5 Å². The molecule has 0 spiro atoms. The van der Waals surface area contributed by atoms with E-state index in [0.717, 1.165) is 18.8 Å². The monoisotopic (exact) mass is 208 g/mol. The Balaban J connectivity index is 1.88. The summed E-state index contributed by atoms with van der Waals surface area (Å²) in [5.74, 6) is 0.669. The van der Waals surface area contributed by atoms with Crippen molar-refractivity contribution in [2.75, 3.05) is 23.8 Å². The summed E-state index contributed by atoms with van der Waals surface area (Å²) >= 11 is 0. The molecular formula is C10H16N4O. The van der Waals surface area contributed by atoms with Gasteiger partial charge in [-0.15, -0.1) is 0 Å². The average molecular weight is 208 g/mol. The van der Waals surface area contributed by atoms with Crippen LogP contribution in [0.2, 0.25) is 0 Å². The first kappa shape index (κ1) is 9.03. The molecule has 82 valence electrons. The zero-order valence-corrected chi connectivity index (χ0v) is 8.65. The maximum absolute atomic E-state index is 5.85. The number of hydrogen-bond acceptors (Lipinski definition) is 4. The zero-order chi connectivity index (χ0) is 10.3. The fourth-order valence-corrected chi connectivity index (χ4v) is 2.74. The Bertz CT molecular complexity index is 351. The molecule has 3 N–H and O–H groups in total.